The number of fused-ring (bicyclic) bond motifs is 2. The summed E-state index contributed by atoms with van der Waals surface area (Å²) in [4.78, 5) is 28.3. The molecule has 0 spiro atoms. The largest absolute Gasteiger partial charge is 0.450 e. The van der Waals surface area contributed by atoms with Gasteiger partial charge in [0, 0.05) is 11.0 Å². The summed E-state index contributed by atoms with van der Waals surface area (Å²) in [5.74, 6) is -0.867. The lowest BCUT2D eigenvalue weighted by atomic mass is 9.98. The van der Waals surface area contributed by atoms with Crippen LogP contribution in [0.1, 0.15) is 33.3 Å². The van der Waals surface area contributed by atoms with Crippen LogP contribution in [0.3, 0.4) is 0 Å². The number of halogens is 2. The van der Waals surface area contributed by atoms with Gasteiger partial charge in [-0.05, 0) is 41.5 Å². The van der Waals surface area contributed by atoms with Gasteiger partial charge in [-0.3, -0.25) is 9.59 Å². The first-order valence-corrected chi connectivity index (χ1v) is 10.2. The van der Waals surface area contributed by atoms with Crippen LogP contribution in [-0.4, -0.2) is 10.8 Å². The van der Waals surface area contributed by atoms with Crippen molar-refractivity contribution in [3.05, 3.63) is 116 Å². The molecule has 1 aliphatic rings. The van der Waals surface area contributed by atoms with Gasteiger partial charge >= 0.3 is 0 Å². The number of carbonyl (C=O) groups is 1. The van der Waals surface area contributed by atoms with E-state index in [0.29, 0.717) is 6.54 Å². The fraction of sp³-hybridized carbons (Fsp3) is 0.0833. The molecule has 0 fully saturated rings. The second kappa shape index (κ2) is 7.22. The summed E-state index contributed by atoms with van der Waals surface area (Å²) in [6.07, 6.45) is 0. The predicted molar refractivity (Wildman–Crippen MR) is 115 cm³/mol. The van der Waals surface area contributed by atoms with Crippen LogP contribution in [0.2, 0.25) is 0 Å². The molecule has 4 nitrogen and oxygen atoms in total. The number of benzene rings is 3. The van der Waals surface area contributed by atoms with E-state index in [2.05, 4.69) is 15.9 Å². The molecule has 0 bridgehead atoms. The minimum Gasteiger partial charge on any atom is -0.450 e. The summed E-state index contributed by atoms with van der Waals surface area (Å²) in [6, 6.07) is 20.1. The Morgan fingerprint density at radius 1 is 0.967 bits per heavy atom. The lowest BCUT2D eigenvalue weighted by Crippen LogP contribution is -2.29. The van der Waals surface area contributed by atoms with Crippen LogP contribution in [-0.2, 0) is 6.54 Å². The number of carbonyl (C=O) groups excluding carboxylic acids is 1. The van der Waals surface area contributed by atoms with Gasteiger partial charge in [-0.2, -0.15) is 0 Å². The van der Waals surface area contributed by atoms with Gasteiger partial charge < -0.3 is 9.32 Å². The Hall–Kier alpha value is -3.25. The van der Waals surface area contributed by atoms with E-state index in [4.69, 9.17) is 4.42 Å². The maximum atomic E-state index is 13.8. The molecule has 0 N–H and O–H groups in total. The van der Waals surface area contributed by atoms with Gasteiger partial charge in [0.1, 0.15) is 11.4 Å². The van der Waals surface area contributed by atoms with Crippen LogP contribution in [0.25, 0.3) is 11.0 Å². The molecule has 1 atom stereocenters. The fourth-order valence-electron chi connectivity index (χ4n) is 3.93. The van der Waals surface area contributed by atoms with E-state index in [0.717, 1.165) is 21.7 Å². The number of amides is 1. The zero-order valence-electron chi connectivity index (χ0n) is 15.6. The molecule has 0 aliphatic carbocycles. The van der Waals surface area contributed by atoms with E-state index in [-0.39, 0.29) is 33.6 Å². The molecule has 30 heavy (non-hydrogen) atoms. The fourth-order valence-corrected chi connectivity index (χ4v) is 4.19. The average Bonchev–Trinajstić information content (AvgIpc) is 3.02. The number of rotatable bonds is 3. The van der Waals surface area contributed by atoms with Crippen molar-refractivity contribution in [2.75, 3.05) is 0 Å². The number of hydrogen-bond acceptors (Lipinski definition) is 3. The second-order valence-corrected chi connectivity index (χ2v) is 8.10. The summed E-state index contributed by atoms with van der Waals surface area (Å²) in [5.41, 5.74) is 1.77. The van der Waals surface area contributed by atoms with Crippen LogP contribution in [0.5, 0.6) is 0 Å². The first-order chi connectivity index (χ1) is 14.5. The molecule has 3 aromatic carbocycles. The summed E-state index contributed by atoms with van der Waals surface area (Å²) in [5, 5.41) is 0.130. The standard InChI is InChI=1S/C24H15BrFNO3/c25-16-8-6-15(7-9-16)21-20-22(28)18-12-17(26)10-11-19(18)30-23(20)24(29)27(21)13-14-4-2-1-3-5-14/h1-12,21H,13H2. The van der Waals surface area contributed by atoms with E-state index in [1.165, 1.54) is 12.1 Å². The molecule has 5 rings (SSSR count). The van der Waals surface area contributed by atoms with E-state index >= 15 is 0 Å². The van der Waals surface area contributed by atoms with Crippen molar-refractivity contribution in [1.82, 2.24) is 4.90 Å². The SMILES string of the molecule is O=C1c2oc3ccc(F)cc3c(=O)c2C(c2ccc(Br)cc2)N1Cc1ccccc1. The van der Waals surface area contributed by atoms with Crippen molar-refractivity contribution < 1.29 is 13.6 Å². The lowest BCUT2D eigenvalue weighted by molar-refractivity contribution is 0.0714. The first kappa shape index (κ1) is 18.8. The third-order valence-corrected chi connectivity index (χ3v) is 5.84. The molecule has 6 heteroatoms. The summed E-state index contributed by atoms with van der Waals surface area (Å²) in [7, 11) is 0. The Morgan fingerprint density at radius 3 is 2.43 bits per heavy atom. The van der Waals surface area contributed by atoms with Crippen molar-refractivity contribution in [1.29, 1.82) is 0 Å². The number of hydrogen-bond donors (Lipinski definition) is 0. The minimum absolute atomic E-state index is 0.0166. The molecule has 0 saturated heterocycles. The van der Waals surface area contributed by atoms with Crippen LogP contribution < -0.4 is 5.43 Å². The quantitative estimate of drug-likeness (QED) is 0.406. The monoisotopic (exact) mass is 463 g/mol. The van der Waals surface area contributed by atoms with Crippen LogP contribution in [0.4, 0.5) is 4.39 Å². The normalized spacial score (nSPS) is 15.6. The molecule has 2 heterocycles. The third kappa shape index (κ3) is 3.04. The molecule has 1 amide bonds. The van der Waals surface area contributed by atoms with Gasteiger partial charge in [-0.25, -0.2) is 4.39 Å². The van der Waals surface area contributed by atoms with E-state index in [1.807, 2.05) is 54.6 Å². The molecular formula is C24H15BrFNO3. The van der Waals surface area contributed by atoms with E-state index in [9.17, 15) is 14.0 Å². The Kier molecular flexibility index (Phi) is 4.51. The van der Waals surface area contributed by atoms with Crippen LogP contribution >= 0.6 is 15.9 Å². The van der Waals surface area contributed by atoms with Crippen molar-refractivity contribution in [3.63, 3.8) is 0 Å². The van der Waals surface area contributed by atoms with Crippen LogP contribution in [0, 0.1) is 5.82 Å². The van der Waals surface area contributed by atoms with Crippen molar-refractivity contribution in [2.24, 2.45) is 0 Å². The topological polar surface area (TPSA) is 50.5 Å². The molecule has 4 aromatic rings. The summed E-state index contributed by atoms with van der Waals surface area (Å²) >= 11 is 3.42. The van der Waals surface area contributed by atoms with Gasteiger partial charge in [0.25, 0.3) is 5.91 Å². The van der Waals surface area contributed by atoms with E-state index in [1.54, 1.807) is 4.90 Å². The van der Waals surface area contributed by atoms with Gasteiger partial charge in [0.2, 0.25) is 5.76 Å². The average molecular weight is 464 g/mol. The summed E-state index contributed by atoms with van der Waals surface area (Å²) in [6.45, 7) is 0.314. The molecular weight excluding hydrogens is 449 g/mol. The predicted octanol–water partition coefficient (Wildman–Crippen LogP) is 5.44. The lowest BCUT2D eigenvalue weighted by Gasteiger charge is -2.25. The molecule has 0 saturated carbocycles. The Bertz CT molecular complexity index is 1330. The first-order valence-electron chi connectivity index (χ1n) is 9.39. The van der Waals surface area contributed by atoms with Crippen molar-refractivity contribution in [3.8, 4) is 0 Å². The Morgan fingerprint density at radius 2 is 1.70 bits per heavy atom. The maximum Gasteiger partial charge on any atom is 0.291 e. The molecule has 0 radical (unpaired) electrons. The highest BCUT2D eigenvalue weighted by atomic mass is 79.9. The second-order valence-electron chi connectivity index (χ2n) is 7.19. The third-order valence-electron chi connectivity index (χ3n) is 5.31. The molecule has 1 aliphatic heterocycles. The van der Waals surface area contributed by atoms with Gasteiger partial charge in [-0.15, -0.1) is 0 Å². The molecule has 1 aromatic heterocycles. The minimum atomic E-state index is -0.621. The molecule has 1 unspecified atom stereocenters. The van der Waals surface area contributed by atoms with Crippen molar-refractivity contribution in [2.45, 2.75) is 12.6 Å². The zero-order chi connectivity index (χ0) is 20.8. The van der Waals surface area contributed by atoms with Crippen LogP contribution in [0.15, 0.2) is 86.5 Å². The van der Waals surface area contributed by atoms with Crippen molar-refractivity contribution >= 4 is 32.8 Å². The Labute approximate surface area is 179 Å². The van der Waals surface area contributed by atoms with Gasteiger partial charge in [0.15, 0.2) is 5.43 Å². The van der Waals surface area contributed by atoms with Gasteiger partial charge in [-0.1, -0.05) is 58.4 Å². The smallest absolute Gasteiger partial charge is 0.291 e. The van der Waals surface area contributed by atoms with Gasteiger partial charge in [0.05, 0.1) is 17.0 Å². The maximum absolute atomic E-state index is 13.8. The zero-order valence-corrected chi connectivity index (χ0v) is 17.2. The highest BCUT2D eigenvalue weighted by molar-refractivity contribution is 9.10. The highest BCUT2D eigenvalue weighted by Gasteiger charge is 2.42. The number of nitrogens with zero attached hydrogens (tertiary/aromatic N) is 1. The Balaban J connectivity index is 1.74. The van der Waals surface area contributed by atoms with E-state index < -0.39 is 11.9 Å². The molecule has 148 valence electrons. The highest BCUT2D eigenvalue weighted by Crippen LogP contribution is 2.39. The summed E-state index contributed by atoms with van der Waals surface area (Å²) < 4.78 is 20.5.